The first-order valence-corrected chi connectivity index (χ1v) is 14.7. The average Bonchev–Trinajstić information content (AvgIpc) is 2.91. The van der Waals surface area contributed by atoms with Gasteiger partial charge in [0, 0.05) is 35.6 Å². The fourth-order valence-corrected chi connectivity index (χ4v) is 5.58. The van der Waals surface area contributed by atoms with Gasteiger partial charge in [-0.15, -0.1) is 0 Å². The van der Waals surface area contributed by atoms with Gasteiger partial charge in [-0.3, -0.25) is 4.98 Å². The lowest BCUT2D eigenvalue weighted by atomic mass is 9.81. The Labute approximate surface area is 246 Å². The molecule has 3 aromatic rings. The molecule has 0 spiro atoms. The van der Waals surface area contributed by atoms with Crippen LogP contribution in [0.4, 0.5) is 5.69 Å². The number of rotatable bonds is 8. The Morgan fingerprint density at radius 2 is 1.46 bits per heavy atom. The van der Waals surface area contributed by atoms with E-state index in [0.29, 0.717) is 0 Å². The molecule has 0 aliphatic carbocycles. The quantitative estimate of drug-likeness (QED) is 0.260. The van der Waals surface area contributed by atoms with Gasteiger partial charge in [-0.2, -0.15) is 0 Å². The topological polar surface area (TPSA) is 60.9 Å². The maximum Gasteiger partial charge on any atom is 0.340 e. The number of carbonyl (C=O) groups is 1. The molecule has 1 saturated heterocycles. The summed E-state index contributed by atoms with van der Waals surface area (Å²) in [4.78, 5) is 20.9. The number of carbonyl (C=O) groups excluding carboxylic acids is 1. The summed E-state index contributed by atoms with van der Waals surface area (Å²) in [5, 5.41) is 0. The van der Waals surface area contributed by atoms with Gasteiger partial charge in [-0.25, -0.2) is 4.79 Å². The summed E-state index contributed by atoms with van der Waals surface area (Å²) < 4.78 is 17.4. The summed E-state index contributed by atoms with van der Waals surface area (Å²) in [5.41, 5.74) is 7.62. The predicted molar refractivity (Wildman–Crippen MR) is 167 cm³/mol. The van der Waals surface area contributed by atoms with E-state index in [1.165, 1.54) is 0 Å². The Balaban J connectivity index is 1.90. The smallest absolute Gasteiger partial charge is 0.340 e. The van der Waals surface area contributed by atoms with Crippen molar-refractivity contribution in [2.75, 3.05) is 31.7 Å². The number of aryl methyl sites for hydroxylation is 2. The zero-order valence-corrected chi connectivity index (χ0v) is 26.3. The molecule has 2 aromatic carbocycles. The summed E-state index contributed by atoms with van der Waals surface area (Å²) in [6.07, 6.45) is 1.24. The van der Waals surface area contributed by atoms with Crippen molar-refractivity contribution in [1.82, 2.24) is 4.98 Å². The van der Waals surface area contributed by atoms with E-state index in [9.17, 15) is 4.79 Å². The van der Waals surface area contributed by atoms with Crippen molar-refractivity contribution in [2.45, 2.75) is 79.9 Å². The van der Waals surface area contributed by atoms with Crippen LogP contribution in [0.25, 0.3) is 22.3 Å². The molecular weight excluding hydrogens is 512 g/mol. The second kappa shape index (κ2) is 12.2. The van der Waals surface area contributed by atoms with E-state index in [-0.39, 0.29) is 18.0 Å². The number of esters is 1. The maximum atomic E-state index is 13.5. The molecule has 0 bridgehead atoms. The van der Waals surface area contributed by atoms with Gasteiger partial charge >= 0.3 is 5.97 Å². The fourth-order valence-electron chi connectivity index (χ4n) is 5.58. The van der Waals surface area contributed by atoms with Crippen molar-refractivity contribution >= 4 is 11.7 Å². The summed E-state index contributed by atoms with van der Waals surface area (Å²) >= 11 is 0. The highest BCUT2D eigenvalue weighted by Gasteiger charge is 2.37. The number of nitrogens with zero attached hydrogens (tertiary/aromatic N) is 2. The number of hydrogen-bond acceptors (Lipinski definition) is 6. The Morgan fingerprint density at radius 1 is 0.927 bits per heavy atom. The monoisotopic (exact) mass is 558 g/mol. The summed E-state index contributed by atoms with van der Waals surface area (Å²) in [6, 6.07) is 16.7. The van der Waals surface area contributed by atoms with Crippen LogP contribution in [-0.4, -0.2) is 43.4 Å². The molecule has 0 amide bonds. The lowest BCUT2D eigenvalue weighted by Crippen LogP contribution is -2.39. The fraction of sp³-hybridized carbons (Fsp3) is 0.486. The Kier molecular flexibility index (Phi) is 9.13. The normalized spacial score (nSPS) is 15.9. The molecule has 0 radical (unpaired) electrons. The molecule has 0 saturated carbocycles. The third-order valence-electron chi connectivity index (χ3n) is 7.84. The standard InChI is InChI=1S/C35H46N2O4/c1-10-40-33(38)32(41-34(4,5)6)30-24(3)36-23(2)29(31(30)37-21-19-35(7,8)20-22-37)27-13-11-25(12-14-27)26-15-17-28(39-9)18-16-26/h11-18,32H,10,19-22H2,1-9H3/t32-/m0/s1. The highest BCUT2D eigenvalue weighted by Crippen LogP contribution is 2.45. The molecule has 0 N–H and O–H groups in total. The van der Waals surface area contributed by atoms with Crippen LogP contribution in [0.3, 0.4) is 0 Å². The van der Waals surface area contributed by atoms with Crippen molar-refractivity contribution in [3.8, 4) is 28.0 Å². The van der Waals surface area contributed by atoms with Gasteiger partial charge in [0.15, 0.2) is 6.10 Å². The number of benzene rings is 2. The first kappa shape index (κ1) is 30.6. The van der Waals surface area contributed by atoms with Gasteiger partial charge in [0.25, 0.3) is 0 Å². The Hall–Kier alpha value is -3.38. The number of anilines is 1. The lowest BCUT2D eigenvalue weighted by Gasteiger charge is -2.41. The summed E-state index contributed by atoms with van der Waals surface area (Å²) in [5.74, 6) is 0.456. The molecule has 1 aliphatic heterocycles. The summed E-state index contributed by atoms with van der Waals surface area (Å²) in [6.45, 7) is 18.5. The number of piperidine rings is 1. The van der Waals surface area contributed by atoms with Crippen LogP contribution < -0.4 is 9.64 Å². The number of aromatic nitrogens is 1. The van der Waals surface area contributed by atoms with Crippen LogP contribution in [0.2, 0.25) is 0 Å². The first-order chi connectivity index (χ1) is 19.3. The maximum absolute atomic E-state index is 13.5. The van der Waals surface area contributed by atoms with Crippen molar-refractivity contribution in [3.63, 3.8) is 0 Å². The van der Waals surface area contributed by atoms with Crippen molar-refractivity contribution in [2.24, 2.45) is 5.41 Å². The van der Waals surface area contributed by atoms with Gasteiger partial charge in [-0.1, -0.05) is 50.2 Å². The van der Waals surface area contributed by atoms with Gasteiger partial charge in [-0.05, 0) is 88.6 Å². The summed E-state index contributed by atoms with van der Waals surface area (Å²) in [7, 11) is 1.68. The van der Waals surface area contributed by atoms with Crippen LogP contribution in [0, 0.1) is 19.3 Å². The second-order valence-electron chi connectivity index (χ2n) is 12.7. The predicted octanol–water partition coefficient (Wildman–Crippen LogP) is 8.09. The lowest BCUT2D eigenvalue weighted by molar-refractivity contribution is -0.166. The van der Waals surface area contributed by atoms with Crippen LogP contribution in [-0.2, 0) is 14.3 Å². The molecule has 1 atom stereocenters. The SMILES string of the molecule is CCOC(=O)[C@@H](OC(C)(C)C)c1c(C)nc(C)c(-c2ccc(-c3ccc(OC)cc3)cc2)c1N1CCC(C)(C)CC1. The van der Waals surface area contributed by atoms with E-state index in [2.05, 4.69) is 62.1 Å². The van der Waals surface area contributed by atoms with Crippen molar-refractivity contribution < 1.29 is 19.0 Å². The average molecular weight is 559 g/mol. The van der Waals surface area contributed by atoms with E-state index in [1.54, 1.807) is 7.11 Å². The zero-order valence-electron chi connectivity index (χ0n) is 26.3. The van der Waals surface area contributed by atoms with Crippen molar-refractivity contribution in [3.05, 3.63) is 65.5 Å². The number of ether oxygens (including phenoxy) is 3. The molecule has 6 nitrogen and oxygen atoms in total. The van der Waals surface area contributed by atoms with Gasteiger partial charge < -0.3 is 19.1 Å². The molecule has 1 fully saturated rings. The van der Waals surface area contributed by atoms with Gasteiger partial charge in [0.2, 0.25) is 0 Å². The molecule has 0 unspecified atom stereocenters. The largest absolute Gasteiger partial charge is 0.497 e. The molecule has 1 aliphatic rings. The minimum Gasteiger partial charge on any atom is -0.497 e. The van der Waals surface area contributed by atoms with Gasteiger partial charge in [0.05, 0.1) is 25.0 Å². The minimum atomic E-state index is -0.884. The number of pyridine rings is 1. The highest BCUT2D eigenvalue weighted by molar-refractivity contribution is 5.89. The molecule has 1 aromatic heterocycles. The van der Waals surface area contributed by atoms with Crippen LogP contribution in [0.15, 0.2) is 48.5 Å². The highest BCUT2D eigenvalue weighted by atomic mass is 16.6. The van der Waals surface area contributed by atoms with E-state index in [4.69, 9.17) is 19.2 Å². The van der Waals surface area contributed by atoms with Crippen LogP contribution >= 0.6 is 0 Å². The minimum absolute atomic E-state index is 0.274. The third-order valence-corrected chi connectivity index (χ3v) is 7.84. The van der Waals surface area contributed by atoms with Crippen LogP contribution in [0.5, 0.6) is 5.75 Å². The molecule has 2 heterocycles. The molecular formula is C35H46N2O4. The van der Waals surface area contributed by atoms with E-state index >= 15 is 0 Å². The molecule has 41 heavy (non-hydrogen) atoms. The Bertz CT molecular complexity index is 1340. The van der Waals surface area contributed by atoms with Crippen LogP contribution in [0.1, 0.15) is 77.4 Å². The Morgan fingerprint density at radius 3 is 1.98 bits per heavy atom. The molecule has 6 heteroatoms. The number of methoxy groups -OCH3 is 1. The molecule has 4 rings (SSSR count). The third kappa shape index (κ3) is 7.10. The van der Waals surface area contributed by atoms with Gasteiger partial charge in [0.1, 0.15) is 5.75 Å². The van der Waals surface area contributed by atoms with E-state index in [1.807, 2.05) is 46.8 Å². The number of hydrogen-bond donors (Lipinski definition) is 0. The molecule has 220 valence electrons. The second-order valence-corrected chi connectivity index (χ2v) is 12.7. The zero-order chi connectivity index (χ0) is 29.9. The van der Waals surface area contributed by atoms with E-state index < -0.39 is 11.7 Å². The van der Waals surface area contributed by atoms with Crippen molar-refractivity contribution in [1.29, 1.82) is 0 Å². The first-order valence-electron chi connectivity index (χ1n) is 14.7. The van der Waals surface area contributed by atoms with E-state index in [0.717, 1.165) is 76.6 Å².